The molecule has 0 radical (unpaired) electrons. The van der Waals surface area contributed by atoms with E-state index in [2.05, 4.69) is 55.0 Å². The number of rotatable bonds is 4. The summed E-state index contributed by atoms with van der Waals surface area (Å²) in [5.74, 6) is 0. The lowest BCUT2D eigenvalue weighted by Gasteiger charge is -2.43. The Labute approximate surface area is 117 Å². The Morgan fingerprint density at radius 1 is 1.26 bits per heavy atom. The maximum atomic E-state index is 6.44. The van der Waals surface area contributed by atoms with E-state index in [-0.39, 0.29) is 6.04 Å². The molecule has 0 spiro atoms. The molecule has 0 saturated carbocycles. The van der Waals surface area contributed by atoms with E-state index in [9.17, 15) is 0 Å². The average molecular weight is 261 g/mol. The van der Waals surface area contributed by atoms with Crippen LogP contribution in [0.1, 0.15) is 31.9 Å². The Morgan fingerprint density at radius 3 is 2.58 bits per heavy atom. The fraction of sp³-hybridized carbons (Fsp3) is 0.625. The second-order valence-corrected chi connectivity index (χ2v) is 5.71. The van der Waals surface area contributed by atoms with Crippen molar-refractivity contribution in [3.8, 4) is 0 Å². The topological polar surface area (TPSA) is 32.5 Å². The third kappa shape index (κ3) is 3.35. The quantitative estimate of drug-likeness (QED) is 0.901. The number of likely N-dealkylation sites (N-methyl/N-ethyl adjacent to an activating group) is 1. The van der Waals surface area contributed by atoms with Crippen molar-refractivity contribution in [1.82, 2.24) is 9.80 Å². The minimum atomic E-state index is 0.0992. The van der Waals surface area contributed by atoms with E-state index in [0.717, 1.165) is 19.6 Å². The number of hydrogen-bond acceptors (Lipinski definition) is 3. The van der Waals surface area contributed by atoms with Crippen LogP contribution in [-0.2, 0) is 0 Å². The molecule has 0 bridgehead atoms. The van der Waals surface area contributed by atoms with E-state index in [4.69, 9.17) is 5.73 Å². The van der Waals surface area contributed by atoms with Crippen molar-refractivity contribution >= 4 is 0 Å². The SMILES string of the molecule is CCC1CN(C(C)C(N)c2ccccc2)CCN1C. The highest BCUT2D eigenvalue weighted by molar-refractivity contribution is 5.20. The molecule has 0 amide bonds. The van der Waals surface area contributed by atoms with Gasteiger partial charge in [-0.25, -0.2) is 0 Å². The van der Waals surface area contributed by atoms with Crippen LogP contribution in [0.15, 0.2) is 30.3 Å². The van der Waals surface area contributed by atoms with Gasteiger partial charge in [0, 0.05) is 37.8 Å². The number of nitrogens with two attached hydrogens (primary N) is 1. The second kappa shape index (κ2) is 6.51. The first-order chi connectivity index (χ1) is 9.13. The predicted octanol–water partition coefficient (Wildman–Crippen LogP) is 2.10. The lowest BCUT2D eigenvalue weighted by atomic mass is 9.98. The second-order valence-electron chi connectivity index (χ2n) is 5.71. The van der Waals surface area contributed by atoms with E-state index < -0.39 is 0 Å². The molecule has 19 heavy (non-hydrogen) atoms. The lowest BCUT2D eigenvalue weighted by Crippen LogP contribution is -2.55. The van der Waals surface area contributed by atoms with Gasteiger partial charge < -0.3 is 10.6 Å². The molecule has 3 heteroatoms. The van der Waals surface area contributed by atoms with Crippen molar-refractivity contribution in [2.24, 2.45) is 5.73 Å². The summed E-state index contributed by atoms with van der Waals surface area (Å²) in [6, 6.07) is 11.6. The van der Waals surface area contributed by atoms with Crippen molar-refractivity contribution in [1.29, 1.82) is 0 Å². The van der Waals surface area contributed by atoms with Gasteiger partial charge >= 0.3 is 0 Å². The zero-order chi connectivity index (χ0) is 13.8. The van der Waals surface area contributed by atoms with E-state index >= 15 is 0 Å². The van der Waals surface area contributed by atoms with Gasteiger partial charge in [-0.05, 0) is 26.0 Å². The molecule has 3 unspecified atom stereocenters. The minimum absolute atomic E-state index is 0.0992. The molecule has 1 fully saturated rings. The van der Waals surface area contributed by atoms with E-state index in [1.54, 1.807) is 0 Å². The summed E-state index contributed by atoms with van der Waals surface area (Å²) < 4.78 is 0. The Kier molecular flexibility index (Phi) is 4.97. The van der Waals surface area contributed by atoms with Crippen LogP contribution in [-0.4, -0.2) is 48.6 Å². The Morgan fingerprint density at radius 2 is 1.95 bits per heavy atom. The van der Waals surface area contributed by atoms with Gasteiger partial charge in [0.25, 0.3) is 0 Å². The molecule has 2 N–H and O–H groups in total. The van der Waals surface area contributed by atoms with E-state index in [1.165, 1.54) is 12.0 Å². The molecule has 106 valence electrons. The van der Waals surface area contributed by atoms with Crippen LogP contribution in [0, 0.1) is 0 Å². The van der Waals surface area contributed by atoms with Gasteiger partial charge in [-0.3, -0.25) is 4.90 Å². The molecular formula is C16H27N3. The number of benzene rings is 1. The highest BCUT2D eigenvalue weighted by Gasteiger charge is 2.28. The fourth-order valence-corrected chi connectivity index (χ4v) is 2.96. The summed E-state index contributed by atoms with van der Waals surface area (Å²) >= 11 is 0. The molecule has 3 atom stereocenters. The Balaban J connectivity index is 2.01. The zero-order valence-corrected chi connectivity index (χ0v) is 12.4. The average Bonchev–Trinajstić information content (AvgIpc) is 2.47. The molecule has 3 nitrogen and oxygen atoms in total. The molecule has 0 aliphatic carbocycles. The van der Waals surface area contributed by atoms with Crippen molar-refractivity contribution in [2.45, 2.75) is 38.4 Å². The molecule has 1 saturated heterocycles. The van der Waals surface area contributed by atoms with Gasteiger partial charge in [0.1, 0.15) is 0 Å². The van der Waals surface area contributed by atoms with E-state index in [1.807, 2.05) is 6.07 Å². The first-order valence-corrected chi connectivity index (χ1v) is 7.38. The van der Waals surface area contributed by atoms with Gasteiger partial charge in [-0.2, -0.15) is 0 Å². The van der Waals surface area contributed by atoms with Crippen LogP contribution in [0.4, 0.5) is 0 Å². The highest BCUT2D eigenvalue weighted by atomic mass is 15.3. The van der Waals surface area contributed by atoms with Gasteiger partial charge in [0.2, 0.25) is 0 Å². The third-order valence-electron chi connectivity index (χ3n) is 4.56. The molecule has 1 aliphatic rings. The Hall–Kier alpha value is -0.900. The number of piperazine rings is 1. The highest BCUT2D eigenvalue weighted by Crippen LogP contribution is 2.21. The molecule has 1 heterocycles. The number of nitrogens with zero attached hydrogens (tertiary/aromatic N) is 2. The zero-order valence-electron chi connectivity index (χ0n) is 12.4. The summed E-state index contributed by atoms with van der Waals surface area (Å²) in [5.41, 5.74) is 7.67. The molecule has 0 aromatic heterocycles. The molecule has 1 aromatic carbocycles. The summed E-state index contributed by atoms with van der Waals surface area (Å²) in [6.07, 6.45) is 1.21. The summed E-state index contributed by atoms with van der Waals surface area (Å²) in [4.78, 5) is 5.02. The van der Waals surface area contributed by atoms with Crippen LogP contribution < -0.4 is 5.73 Å². The van der Waals surface area contributed by atoms with Crippen LogP contribution in [0.3, 0.4) is 0 Å². The van der Waals surface area contributed by atoms with Crippen LogP contribution >= 0.6 is 0 Å². The summed E-state index contributed by atoms with van der Waals surface area (Å²) in [6.45, 7) is 7.93. The van der Waals surface area contributed by atoms with Crippen molar-refractivity contribution in [3.63, 3.8) is 0 Å². The minimum Gasteiger partial charge on any atom is -0.323 e. The van der Waals surface area contributed by atoms with Crippen molar-refractivity contribution < 1.29 is 0 Å². The maximum Gasteiger partial charge on any atom is 0.0450 e. The standard InChI is InChI=1S/C16H27N3/c1-4-15-12-19(11-10-18(15)3)13(2)16(17)14-8-6-5-7-9-14/h5-9,13,15-16H,4,10-12,17H2,1-3H3. The first kappa shape index (κ1) is 14.5. The predicted molar refractivity (Wildman–Crippen MR) is 81.1 cm³/mol. The fourth-order valence-electron chi connectivity index (χ4n) is 2.96. The molecular weight excluding hydrogens is 234 g/mol. The largest absolute Gasteiger partial charge is 0.323 e. The smallest absolute Gasteiger partial charge is 0.0450 e. The van der Waals surface area contributed by atoms with Gasteiger partial charge in [-0.15, -0.1) is 0 Å². The molecule has 2 rings (SSSR count). The first-order valence-electron chi connectivity index (χ1n) is 7.38. The summed E-state index contributed by atoms with van der Waals surface area (Å²) in [7, 11) is 2.23. The van der Waals surface area contributed by atoms with Crippen LogP contribution in [0.25, 0.3) is 0 Å². The maximum absolute atomic E-state index is 6.44. The summed E-state index contributed by atoms with van der Waals surface area (Å²) in [5, 5.41) is 0. The van der Waals surface area contributed by atoms with Crippen LogP contribution in [0.5, 0.6) is 0 Å². The van der Waals surface area contributed by atoms with Gasteiger partial charge in [0.05, 0.1) is 0 Å². The van der Waals surface area contributed by atoms with Gasteiger partial charge in [0.15, 0.2) is 0 Å². The van der Waals surface area contributed by atoms with E-state index in [0.29, 0.717) is 12.1 Å². The van der Waals surface area contributed by atoms with Crippen LogP contribution in [0.2, 0.25) is 0 Å². The lowest BCUT2D eigenvalue weighted by molar-refractivity contribution is 0.0594. The molecule has 1 aliphatic heterocycles. The molecule has 1 aromatic rings. The van der Waals surface area contributed by atoms with Gasteiger partial charge in [-0.1, -0.05) is 37.3 Å². The Bertz CT molecular complexity index is 379. The normalized spacial score (nSPS) is 25.2. The van der Waals surface area contributed by atoms with Crippen molar-refractivity contribution in [2.75, 3.05) is 26.7 Å². The monoisotopic (exact) mass is 261 g/mol. The number of hydrogen-bond donors (Lipinski definition) is 1. The van der Waals surface area contributed by atoms with Crippen molar-refractivity contribution in [3.05, 3.63) is 35.9 Å². The third-order valence-corrected chi connectivity index (χ3v) is 4.56.